The molecule has 2 aliphatic heterocycles. The Labute approximate surface area is 199 Å². The second kappa shape index (κ2) is 8.71. The maximum atomic E-state index is 12.8. The Morgan fingerprint density at radius 1 is 1.09 bits per heavy atom. The lowest BCUT2D eigenvalue weighted by Gasteiger charge is -2.16. The van der Waals surface area contributed by atoms with Gasteiger partial charge in [-0.3, -0.25) is 24.1 Å². The summed E-state index contributed by atoms with van der Waals surface area (Å²) in [6, 6.07) is 13.8. The number of carbonyl (C=O) groups is 4. The molecule has 172 valence electrons. The van der Waals surface area contributed by atoms with Crippen molar-refractivity contribution in [3.8, 4) is 5.75 Å². The van der Waals surface area contributed by atoms with Gasteiger partial charge < -0.3 is 15.0 Å². The molecule has 2 aliphatic rings. The van der Waals surface area contributed by atoms with Crippen LogP contribution in [0.2, 0.25) is 0 Å². The molecule has 1 unspecified atom stereocenters. The maximum Gasteiger partial charge on any atom is 0.261 e. The number of anilines is 2. The third kappa shape index (κ3) is 3.92. The molecule has 1 aromatic heterocycles. The van der Waals surface area contributed by atoms with Gasteiger partial charge in [-0.05, 0) is 36.4 Å². The van der Waals surface area contributed by atoms with Crippen molar-refractivity contribution < 1.29 is 23.9 Å². The van der Waals surface area contributed by atoms with Gasteiger partial charge >= 0.3 is 0 Å². The van der Waals surface area contributed by atoms with Crippen LogP contribution in [0.3, 0.4) is 0 Å². The van der Waals surface area contributed by atoms with Crippen LogP contribution in [0.15, 0.2) is 54.7 Å². The molecule has 0 spiro atoms. The normalized spacial score (nSPS) is 17.3. The SMILES string of the molecule is COc1ccc(N2CC(C(=O)Nc3ncc(CN4C(=O)c5ccccc5C4=O)s3)CC2=O)cc1. The minimum Gasteiger partial charge on any atom is -0.497 e. The number of nitrogens with zero attached hydrogens (tertiary/aromatic N) is 3. The van der Waals surface area contributed by atoms with Crippen molar-refractivity contribution in [2.75, 3.05) is 23.9 Å². The molecule has 1 fully saturated rings. The largest absolute Gasteiger partial charge is 0.497 e. The fraction of sp³-hybridized carbons (Fsp3) is 0.208. The highest BCUT2D eigenvalue weighted by Crippen LogP contribution is 2.30. The molecule has 34 heavy (non-hydrogen) atoms. The van der Waals surface area contributed by atoms with Gasteiger partial charge in [0.05, 0.1) is 30.7 Å². The number of carbonyl (C=O) groups excluding carboxylic acids is 4. The van der Waals surface area contributed by atoms with Gasteiger partial charge in [0.15, 0.2) is 5.13 Å². The third-order valence-electron chi connectivity index (χ3n) is 5.86. The monoisotopic (exact) mass is 476 g/mol. The fourth-order valence-electron chi connectivity index (χ4n) is 4.08. The second-order valence-corrected chi connectivity index (χ2v) is 9.08. The van der Waals surface area contributed by atoms with E-state index in [2.05, 4.69) is 10.3 Å². The molecule has 0 bridgehead atoms. The number of rotatable bonds is 6. The van der Waals surface area contributed by atoms with E-state index >= 15 is 0 Å². The number of imide groups is 1. The summed E-state index contributed by atoms with van der Waals surface area (Å²) in [5.41, 5.74) is 1.48. The predicted octanol–water partition coefficient (Wildman–Crippen LogP) is 2.94. The van der Waals surface area contributed by atoms with E-state index in [1.54, 1.807) is 60.5 Å². The molecule has 1 atom stereocenters. The fourth-order valence-corrected chi connectivity index (χ4v) is 4.88. The van der Waals surface area contributed by atoms with Crippen LogP contribution in [0.4, 0.5) is 10.8 Å². The van der Waals surface area contributed by atoms with Crippen molar-refractivity contribution in [2.45, 2.75) is 13.0 Å². The third-order valence-corrected chi connectivity index (χ3v) is 6.75. The van der Waals surface area contributed by atoms with Crippen LogP contribution in [0.25, 0.3) is 0 Å². The quantitative estimate of drug-likeness (QED) is 0.548. The van der Waals surface area contributed by atoms with Crippen molar-refractivity contribution in [1.29, 1.82) is 0 Å². The zero-order valence-electron chi connectivity index (χ0n) is 18.2. The van der Waals surface area contributed by atoms with Gasteiger partial charge in [0, 0.05) is 29.7 Å². The highest BCUT2D eigenvalue weighted by atomic mass is 32.1. The summed E-state index contributed by atoms with van der Waals surface area (Å²) in [7, 11) is 1.57. The van der Waals surface area contributed by atoms with E-state index in [0.29, 0.717) is 32.6 Å². The van der Waals surface area contributed by atoms with Crippen LogP contribution < -0.4 is 15.0 Å². The van der Waals surface area contributed by atoms with E-state index in [9.17, 15) is 19.2 Å². The van der Waals surface area contributed by atoms with E-state index in [-0.39, 0.29) is 43.1 Å². The Balaban J connectivity index is 1.21. The van der Waals surface area contributed by atoms with E-state index in [1.807, 2.05) is 0 Å². The van der Waals surface area contributed by atoms with Gasteiger partial charge in [0.25, 0.3) is 11.8 Å². The first-order chi connectivity index (χ1) is 16.4. The van der Waals surface area contributed by atoms with Crippen LogP contribution in [-0.2, 0) is 16.1 Å². The zero-order valence-corrected chi connectivity index (χ0v) is 19.0. The van der Waals surface area contributed by atoms with Crippen molar-refractivity contribution >= 4 is 45.8 Å². The van der Waals surface area contributed by atoms with Crippen LogP contribution in [0, 0.1) is 5.92 Å². The molecule has 1 saturated heterocycles. The minimum absolute atomic E-state index is 0.0764. The predicted molar refractivity (Wildman–Crippen MR) is 125 cm³/mol. The Morgan fingerprint density at radius 2 is 1.76 bits per heavy atom. The first-order valence-corrected chi connectivity index (χ1v) is 11.4. The summed E-state index contributed by atoms with van der Waals surface area (Å²) in [5, 5.41) is 3.11. The number of thiazole rings is 1. The van der Waals surface area contributed by atoms with E-state index in [4.69, 9.17) is 4.74 Å². The lowest BCUT2D eigenvalue weighted by Crippen LogP contribution is -2.28. The van der Waals surface area contributed by atoms with Gasteiger partial charge in [0.2, 0.25) is 11.8 Å². The van der Waals surface area contributed by atoms with E-state index in [0.717, 1.165) is 0 Å². The number of ether oxygens (including phenoxy) is 1. The average Bonchev–Trinajstić information content (AvgIpc) is 3.53. The highest BCUT2D eigenvalue weighted by molar-refractivity contribution is 7.15. The van der Waals surface area contributed by atoms with Crippen LogP contribution >= 0.6 is 11.3 Å². The maximum absolute atomic E-state index is 12.8. The molecule has 9 nitrogen and oxygen atoms in total. The van der Waals surface area contributed by atoms with Crippen molar-refractivity contribution in [1.82, 2.24) is 9.88 Å². The number of fused-ring (bicyclic) bond motifs is 1. The first kappa shape index (κ1) is 21.8. The molecule has 0 aliphatic carbocycles. The molecule has 10 heteroatoms. The Hall–Kier alpha value is -4.05. The molecule has 0 saturated carbocycles. The zero-order chi connectivity index (χ0) is 23.8. The molecule has 5 rings (SSSR count). The standard InChI is InChI=1S/C24H20N4O5S/c1-33-16-8-6-15(7-9-16)27-12-14(10-20(27)29)21(30)26-24-25-11-17(34-24)13-28-22(31)18-4-2-3-5-19(18)23(28)32/h2-9,11,14H,10,12-13H2,1H3,(H,25,26,30). The Kier molecular flexibility index (Phi) is 5.58. The Bertz CT molecular complexity index is 1270. The molecular formula is C24H20N4O5S. The highest BCUT2D eigenvalue weighted by Gasteiger charge is 2.37. The second-order valence-electron chi connectivity index (χ2n) is 7.97. The number of hydrogen-bond acceptors (Lipinski definition) is 7. The van der Waals surface area contributed by atoms with Crippen molar-refractivity contribution in [3.05, 3.63) is 70.7 Å². The van der Waals surface area contributed by atoms with Gasteiger partial charge in [0.1, 0.15) is 5.75 Å². The van der Waals surface area contributed by atoms with Gasteiger partial charge in [-0.2, -0.15) is 0 Å². The summed E-state index contributed by atoms with van der Waals surface area (Å²) >= 11 is 1.19. The first-order valence-electron chi connectivity index (χ1n) is 10.6. The summed E-state index contributed by atoms with van der Waals surface area (Å²) in [5.74, 6) is -0.948. The smallest absolute Gasteiger partial charge is 0.261 e. The number of methoxy groups -OCH3 is 1. The molecule has 4 amide bonds. The summed E-state index contributed by atoms with van der Waals surface area (Å²) in [6.45, 7) is 0.345. The van der Waals surface area contributed by atoms with Gasteiger partial charge in [-0.1, -0.05) is 23.5 Å². The van der Waals surface area contributed by atoms with E-state index < -0.39 is 5.92 Å². The minimum atomic E-state index is -0.516. The number of aromatic nitrogens is 1. The molecule has 3 aromatic rings. The molecule has 1 N–H and O–H groups in total. The van der Waals surface area contributed by atoms with Gasteiger partial charge in [-0.25, -0.2) is 4.98 Å². The summed E-state index contributed by atoms with van der Waals surface area (Å²) in [4.78, 5) is 58.0. The molecular weight excluding hydrogens is 456 g/mol. The lowest BCUT2D eigenvalue weighted by atomic mass is 10.1. The molecule has 2 aromatic carbocycles. The topological polar surface area (TPSA) is 109 Å². The number of amides is 4. The summed E-state index contributed by atoms with van der Waals surface area (Å²) < 4.78 is 5.14. The van der Waals surface area contributed by atoms with Crippen LogP contribution in [-0.4, -0.2) is 47.2 Å². The lowest BCUT2D eigenvalue weighted by molar-refractivity contribution is -0.122. The van der Waals surface area contributed by atoms with Crippen LogP contribution in [0.1, 0.15) is 32.0 Å². The molecule has 3 heterocycles. The average molecular weight is 477 g/mol. The molecule has 0 radical (unpaired) electrons. The number of benzene rings is 2. The summed E-state index contributed by atoms with van der Waals surface area (Å²) in [6.07, 6.45) is 1.64. The van der Waals surface area contributed by atoms with Gasteiger partial charge in [-0.15, -0.1) is 0 Å². The van der Waals surface area contributed by atoms with Crippen LogP contribution in [0.5, 0.6) is 5.75 Å². The number of hydrogen-bond donors (Lipinski definition) is 1. The Morgan fingerprint density at radius 3 is 2.41 bits per heavy atom. The van der Waals surface area contributed by atoms with Crippen molar-refractivity contribution in [2.24, 2.45) is 5.92 Å². The van der Waals surface area contributed by atoms with E-state index in [1.165, 1.54) is 22.4 Å². The van der Waals surface area contributed by atoms with Crippen molar-refractivity contribution in [3.63, 3.8) is 0 Å². The number of nitrogens with one attached hydrogen (secondary N) is 1.